The summed E-state index contributed by atoms with van der Waals surface area (Å²) in [6.45, 7) is 2.09. The van der Waals surface area contributed by atoms with E-state index >= 15 is 0 Å². The Bertz CT molecular complexity index is 386. The predicted octanol–water partition coefficient (Wildman–Crippen LogP) is 2.22. The molecule has 0 saturated carbocycles. The van der Waals surface area contributed by atoms with Crippen molar-refractivity contribution in [2.45, 2.75) is 13.3 Å². The lowest BCUT2D eigenvalue weighted by Crippen LogP contribution is -2.20. The molecule has 3 heteroatoms. The van der Waals surface area contributed by atoms with E-state index in [1.165, 1.54) is 6.92 Å². The SMILES string of the molecule is CC(=O)NCCC#Cc1ccc(Cl)cc1. The van der Waals surface area contributed by atoms with Crippen molar-refractivity contribution >= 4 is 17.5 Å². The van der Waals surface area contributed by atoms with Crippen molar-refractivity contribution in [1.29, 1.82) is 0 Å². The van der Waals surface area contributed by atoms with Crippen LogP contribution in [0.2, 0.25) is 5.02 Å². The number of rotatable bonds is 2. The highest BCUT2D eigenvalue weighted by Crippen LogP contribution is 2.08. The van der Waals surface area contributed by atoms with Gasteiger partial charge in [0.05, 0.1) is 0 Å². The number of carbonyl (C=O) groups is 1. The third-order valence-electron chi connectivity index (χ3n) is 1.70. The molecule has 15 heavy (non-hydrogen) atoms. The van der Waals surface area contributed by atoms with Gasteiger partial charge in [-0.2, -0.15) is 0 Å². The van der Waals surface area contributed by atoms with E-state index in [1.807, 2.05) is 12.1 Å². The number of benzene rings is 1. The van der Waals surface area contributed by atoms with E-state index in [-0.39, 0.29) is 5.91 Å². The van der Waals surface area contributed by atoms with E-state index in [9.17, 15) is 4.79 Å². The Balaban J connectivity index is 2.38. The van der Waals surface area contributed by atoms with Gasteiger partial charge >= 0.3 is 0 Å². The lowest BCUT2D eigenvalue weighted by molar-refractivity contribution is -0.118. The van der Waals surface area contributed by atoms with Crippen molar-refractivity contribution in [2.75, 3.05) is 6.54 Å². The molecular formula is C12H12ClNO. The fourth-order valence-corrected chi connectivity index (χ4v) is 1.12. The first kappa shape index (κ1) is 11.6. The van der Waals surface area contributed by atoms with E-state index < -0.39 is 0 Å². The summed E-state index contributed by atoms with van der Waals surface area (Å²) in [5.41, 5.74) is 0.933. The first-order valence-corrected chi connectivity index (χ1v) is 5.05. The Hall–Kier alpha value is -1.46. The van der Waals surface area contributed by atoms with Gasteiger partial charge in [-0.05, 0) is 24.3 Å². The summed E-state index contributed by atoms with van der Waals surface area (Å²) < 4.78 is 0. The van der Waals surface area contributed by atoms with Crippen LogP contribution in [-0.4, -0.2) is 12.5 Å². The summed E-state index contributed by atoms with van der Waals surface area (Å²) in [6, 6.07) is 7.35. The van der Waals surface area contributed by atoms with E-state index in [0.717, 1.165) is 5.56 Å². The molecule has 0 fully saturated rings. The van der Waals surface area contributed by atoms with Gasteiger partial charge in [0.15, 0.2) is 0 Å². The highest BCUT2D eigenvalue weighted by Gasteiger charge is 1.88. The maximum Gasteiger partial charge on any atom is 0.216 e. The molecule has 0 heterocycles. The lowest BCUT2D eigenvalue weighted by Gasteiger charge is -1.94. The van der Waals surface area contributed by atoms with Crippen LogP contribution in [0.3, 0.4) is 0 Å². The van der Waals surface area contributed by atoms with Gasteiger partial charge in [-0.25, -0.2) is 0 Å². The van der Waals surface area contributed by atoms with Crippen LogP contribution in [0.1, 0.15) is 18.9 Å². The highest BCUT2D eigenvalue weighted by atomic mass is 35.5. The largest absolute Gasteiger partial charge is 0.355 e. The monoisotopic (exact) mass is 221 g/mol. The van der Waals surface area contributed by atoms with Crippen LogP contribution in [0.5, 0.6) is 0 Å². The minimum atomic E-state index is -0.0247. The molecule has 0 aliphatic carbocycles. The molecule has 0 atom stereocenters. The summed E-state index contributed by atoms with van der Waals surface area (Å²) >= 11 is 5.73. The summed E-state index contributed by atoms with van der Waals surface area (Å²) in [5, 5.41) is 3.39. The second kappa shape index (κ2) is 6.10. The van der Waals surface area contributed by atoms with Crippen LogP contribution in [0.15, 0.2) is 24.3 Å². The third kappa shape index (κ3) is 5.09. The van der Waals surface area contributed by atoms with E-state index in [1.54, 1.807) is 12.1 Å². The topological polar surface area (TPSA) is 29.1 Å². The fourth-order valence-electron chi connectivity index (χ4n) is 0.999. The number of hydrogen-bond donors (Lipinski definition) is 1. The van der Waals surface area contributed by atoms with Gasteiger partial charge in [-0.15, -0.1) is 0 Å². The van der Waals surface area contributed by atoms with Crippen molar-refractivity contribution in [3.63, 3.8) is 0 Å². The molecule has 0 aromatic heterocycles. The molecule has 0 radical (unpaired) electrons. The number of nitrogens with one attached hydrogen (secondary N) is 1. The predicted molar refractivity (Wildman–Crippen MR) is 61.6 cm³/mol. The summed E-state index contributed by atoms with van der Waals surface area (Å²) in [7, 11) is 0. The second-order valence-electron chi connectivity index (χ2n) is 3.04. The number of carbonyl (C=O) groups excluding carboxylic acids is 1. The van der Waals surface area contributed by atoms with Crippen LogP contribution in [0, 0.1) is 11.8 Å². The van der Waals surface area contributed by atoms with Gasteiger partial charge in [0, 0.05) is 30.5 Å². The number of amides is 1. The van der Waals surface area contributed by atoms with Crippen molar-refractivity contribution in [2.24, 2.45) is 0 Å². The van der Waals surface area contributed by atoms with Gasteiger partial charge in [0.25, 0.3) is 0 Å². The Kier molecular flexibility index (Phi) is 4.73. The maximum absolute atomic E-state index is 10.5. The zero-order valence-corrected chi connectivity index (χ0v) is 9.27. The van der Waals surface area contributed by atoms with E-state index in [2.05, 4.69) is 17.2 Å². The van der Waals surface area contributed by atoms with E-state index in [0.29, 0.717) is 18.0 Å². The van der Waals surface area contributed by atoms with Crippen LogP contribution in [0.4, 0.5) is 0 Å². The van der Waals surface area contributed by atoms with Crippen LogP contribution in [0.25, 0.3) is 0 Å². The van der Waals surface area contributed by atoms with Gasteiger partial charge in [-0.3, -0.25) is 4.79 Å². The smallest absolute Gasteiger partial charge is 0.216 e. The van der Waals surface area contributed by atoms with Gasteiger partial charge in [0.2, 0.25) is 5.91 Å². The molecule has 0 bridgehead atoms. The first-order valence-electron chi connectivity index (χ1n) is 4.67. The summed E-state index contributed by atoms with van der Waals surface area (Å²) in [5.74, 6) is 5.93. The minimum Gasteiger partial charge on any atom is -0.355 e. The van der Waals surface area contributed by atoms with Gasteiger partial charge in [-0.1, -0.05) is 23.4 Å². The molecule has 1 aromatic carbocycles. The van der Waals surface area contributed by atoms with Crippen LogP contribution in [-0.2, 0) is 4.79 Å². The third-order valence-corrected chi connectivity index (χ3v) is 1.95. The molecule has 1 rings (SSSR count). The molecule has 0 aliphatic rings. The molecule has 1 N–H and O–H groups in total. The molecule has 0 aliphatic heterocycles. The van der Waals surface area contributed by atoms with E-state index in [4.69, 9.17) is 11.6 Å². The highest BCUT2D eigenvalue weighted by molar-refractivity contribution is 6.30. The first-order chi connectivity index (χ1) is 7.18. The normalized spacial score (nSPS) is 8.93. The van der Waals surface area contributed by atoms with Crippen LogP contribution >= 0.6 is 11.6 Å². The molecule has 0 unspecified atom stereocenters. The average Bonchev–Trinajstić information content (AvgIpc) is 2.20. The lowest BCUT2D eigenvalue weighted by atomic mass is 10.2. The molecule has 0 saturated heterocycles. The molecular weight excluding hydrogens is 210 g/mol. The minimum absolute atomic E-state index is 0.0247. The number of halogens is 1. The molecule has 1 amide bonds. The van der Waals surface area contributed by atoms with Crippen LogP contribution < -0.4 is 5.32 Å². The zero-order valence-electron chi connectivity index (χ0n) is 8.51. The van der Waals surface area contributed by atoms with Gasteiger partial charge in [0.1, 0.15) is 0 Å². The molecule has 2 nitrogen and oxygen atoms in total. The maximum atomic E-state index is 10.5. The number of hydrogen-bond acceptors (Lipinski definition) is 1. The quantitative estimate of drug-likeness (QED) is 0.602. The summed E-state index contributed by atoms with van der Waals surface area (Å²) in [6.07, 6.45) is 0.655. The standard InChI is InChI=1S/C12H12ClNO/c1-10(15)14-9-3-2-4-11-5-7-12(13)8-6-11/h5-8H,3,9H2,1H3,(H,14,15). The molecule has 78 valence electrons. The average molecular weight is 222 g/mol. The fraction of sp³-hybridized carbons (Fsp3) is 0.250. The second-order valence-corrected chi connectivity index (χ2v) is 3.48. The molecule has 0 spiro atoms. The zero-order chi connectivity index (χ0) is 11.1. The van der Waals surface area contributed by atoms with Crippen molar-refractivity contribution < 1.29 is 4.79 Å². The van der Waals surface area contributed by atoms with Crippen molar-refractivity contribution in [1.82, 2.24) is 5.32 Å². The van der Waals surface area contributed by atoms with Crippen molar-refractivity contribution in [3.8, 4) is 11.8 Å². The molecule has 1 aromatic rings. The summed E-state index contributed by atoms with van der Waals surface area (Å²) in [4.78, 5) is 10.5. The van der Waals surface area contributed by atoms with Gasteiger partial charge < -0.3 is 5.32 Å². The Morgan fingerprint density at radius 3 is 2.67 bits per heavy atom. The Morgan fingerprint density at radius 2 is 2.07 bits per heavy atom. The Labute approximate surface area is 94.6 Å². The Morgan fingerprint density at radius 1 is 1.40 bits per heavy atom. The van der Waals surface area contributed by atoms with Crippen molar-refractivity contribution in [3.05, 3.63) is 34.9 Å².